The van der Waals surface area contributed by atoms with E-state index in [1.807, 2.05) is 6.92 Å². The molecular weight excluding hydrogens is 512 g/mol. The Hall–Kier alpha value is -3.36. The third kappa shape index (κ3) is 16.6. The molecule has 0 N–H and O–H groups in total. The standard InChI is InChI=1S/2C14H18O4.4CH4/c1-11(15)12-5-7-13(8-6-12)14(16)18-10-4-3-9-17-2;1-4-5-13(17-3)18-14(16)12-8-6-11(7-9-12)10(2)15;;;;/h5-8H,3-4,9-10H2,1-2H3;6-9,13H,4-5H2,1-3H3;4*1H4. The van der Waals surface area contributed by atoms with Crippen molar-refractivity contribution >= 4 is 23.5 Å². The molecule has 0 spiro atoms. The SMILES string of the molecule is C.C.C.C.CCCC(OC)OC(=O)c1ccc(C(C)=O)cc1.COCCCCOC(=O)c1ccc(C(C)=O)cc1. The van der Waals surface area contributed by atoms with E-state index in [9.17, 15) is 19.2 Å². The van der Waals surface area contributed by atoms with Crippen LogP contribution in [-0.4, -0.2) is 57.2 Å². The molecule has 2 aromatic carbocycles. The highest BCUT2D eigenvalue weighted by atomic mass is 16.7. The van der Waals surface area contributed by atoms with Gasteiger partial charge in [-0.2, -0.15) is 0 Å². The summed E-state index contributed by atoms with van der Waals surface area (Å²) < 4.78 is 20.2. The molecule has 0 aliphatic carbocycles. The molecule has 40 heavy (non-hydrogen) atoms. The monoisotopic (exact) mass is 564 g/mol. The predicted octanol–water partition coefficient (Wildman–Crippen LogP) is 7.84. The van der Waals surface area contributed by atoms with Crippen molar-refractivity contribution in [3.05, 3.63) is 70.8 Å². The Morgan fingerprint density at radius 1 is 0.650 bits per heavy atom. The van der Waals surface area contributed by atoms with E-state index in [2.05, 4.69) is 0 Å². The molecule has 0 heterocycles. The van der Waals surface area contributed by atoms with Gasteiger partial charge in [0, 0.05) is 38.4 Å². The number of ketones is 2. The van der Waals surface area contributed by atoms with Crippen LogP contribution in [0.2, 0.25) is 0 Å². The molecule has 0 amide bonds. The highest BCUT2D eigenvalue weighted by Crippen LogP contribution is 2.11. The first-order valence-corrected chi connectivity index (χ1v) is 11.8. The third-order valence-corrected chi connectivity index (χ3v) is 5.06. The van der Waals surface area contributed by atoms with Gasteiger partial charge in [-0.05, 0) is 51.0 Å². The van der Waals surface area contributed by atoms with Gasteiger partial charge in [0.15, 0.2) is 11.6 Å². The number of hydrogen-bond acceptors (Lipinski definition) is 8. The Morgan fingerprint density at radius 3 is 1.43 bits per heavy atom. The summed E-state index contributed by atoms with van der Waals surface area (Å²) in [7, 11) is 3.15. The smallest absolute Gasteiger partial charge is 0.340 e. The minimum atomic E-state index is -0.519. The van der Waals surface area contributed by atoms with E-state index in [1.165, 1.54) is 21.0 Å². The molecule has 0 fully saturated rings. The van der Waals surface area contributed by atoms with Crippen LogP contribution in [0.4, 0.5) is 0 Å². The average Bonchev–Trinajstić information content (AvgIpc) is 2.88. The van der Waals surface area contributed by atoms with Crippen molar-refractivity contribution in [1.82, 2.24) is 0 Å². The number of benzene rings is 2. The predicted molar refractivity (Wildman–Crippen MR) is 162 cm³/mol. The molecule has 0 aliphatic heterocycles. The minimum Gasteiger partial charge on any atom is -0.462 e. The summed E-state index contributed by atoms with van der Waals surface area (Å²) in [6.07, 6.45) is 2.66. The summed E-state index contributed by atoms with van der Waals surface area (Å²) in [5.41, 5.74) is 2.04. The second kappa shape index (κ2) is 24.7. The van der Waals surface area contributed by atoms with Gasteiger partial charge in [0.05, 0.1) is 17.7 Å². The van der Waals surface area contributed by atoms with Gasteiger partial charge in [-0.15, -0.1) is 0 Å². The van der Waals surface area contributed by atoms with Crippen LogP contribution in [0, 0.1) is 0 Å². The molecule has 0 radical (unpaired) electrons. The number of rotatable bonds is 13. The average molecular weight is 565 g/mol. The van der Waals surface area contributed by atoms with Crippen LogP contribution in [0.3, 0.4) is 0 Å². The van der Waals surface area contributed by atoms with Crippen molar-refractivity contribution in [1.29, 1.82) is 0 Å². The topological polar surface area (TPSA) is 105 Å². The van der Waals surface area contributed by atoms with Crippen LogP contribution >= 0.6 is 0 Å². The molecule has 2 aromatic rings. The summed E-state index contributed by atoms with van der Waals surface area (Å²) in [4.78, 5) is 45.6. The lowest BCUT2D eigenvalue weighted by molar-refractivity contribution is -0.0933. The molecule has 1 unspecified atom stereocenters. The first-order chi connectivity index (χ1) is 17.2. The van der Waals surface area contributed by atoms with E-state index in [-0.39, 0.29) is 47.2 Å². The fraction of sp³-hybridized carbons (Fsp3) is 0.500. The van der Waals surface area contributed by atoms with Gasteiger partial charge in [0.1, 0.15) is 0 Å². The Balaban J connectivity index is -0.000000295. The first kappa shape index (κ1) is 43.7. The van der Waals surface area contributed by atoms with Gasteiger partial charge < -0.3 is 18.9 Å². The lowest BCUT2D eigenvalue weighted by Crippen LogP contribution is -2.20. The Morgan fingerprint density at radius 2 is 1.05 bits per heavy atom. The molecule has 0 saturated carbocycles. The van der Waals surface area contributed by atoms with Gasteiger partial charge in [0.25, 0.3) is 0 Å². The van der Waals surface area contributed by atoms with Crippen LogP contribution in [0.5, 0.6) is 0 Å². The zero-order chi connectivity index (χ0) is 26.9. The highest BCUT2D eigenvalue weighted by Gasteiger charge is 2.14. The van der Waals surface area contributed by atoms with E-state index in [0.717, 1.165) is 19.3 Å². The van der Waals surface area contributed by atoms with E-state index in [0.29, 0.717) is 41.9 Å². The number of methoxy groups -OCH3 is 2. The van der Waals surface area contributed by atoms with Crippen molar-refractivity contribution < 1.29 is 38.1 Å². The van der Waals surface area contributed by atoms with Gasteiger partial charge in [-0.1, -0.05) is 67.3 Å². The van der Waals surface area contributed by atoms with E-state index < -0.39 is 12.3 Å². The number of carbonyl (C=O) groups excluding carboxylic acids is 4. The number of carbonyl (C=O) groups is 4. The second-order valence-electron chi connectivity index (χ2n) is 7.96. The summed E-state index contributed by atoms with van der Waals surface area (Å²) in [5, 5.41) is 0. The highest BCUT2D eigenvalue weighted by molar-refractivity contribution is 5.96. The van der Waals surface area contributed by atoms with Crippen LogP contribution in [0.25, 0.3) is 0 Å². The number of unbranched alkanes of at least 4 members (excludes halogenated alkanes) is 1. The van der Waals surface area contributed by atoms with E-state index in [4.69, 9.17) is 18.9 Å². The van der Waals surface area contributed by atoms with Gasteiger partial charge >= 0.3 is 11.9 Å². The lowest BCUT2D eigenvalue weighted by atomic mass is 10.1. The zero-order valence-electron chi connectivity index (χ0n) is 21.7. The van der Waals surface area contributed by atoms with Crippen LogP contribution in [-0.2, 0) is 18.9 Å². The molecule has 0 aliphatic rings. The maximum atomic E-state index is 11.8. The molecule has 1 atom stereocenters. The largest absolute Gasteiger partial charge is 0.462 e. The zero-order valence-corrected chi connectivity index (χ0v) is 21.7. The molecule has 8 heteroatoms. The van der Waals surface area contributed by atoms with Crippen LogP contribution in [0.15, 0.2) is 48.5 Å². The summed E-state index contributed by atoms with van der Waals surface area (Å²) in [6, 6.07) is 12.9. The molecule has 228 valence electrons. The third-order valence-electron chi connectivity index (χ3n) is 5.06. The molecule has 0 aromatic heterocycles. The van der Waals surface area contributed by atoms with Gasteiger partial charge in [-0.25, -0.2) is 9.59 Å². The molecule has 2 rings (SSSR count). The van der Waals surface area contributed by atoms with Crippen LogP contribution < -0.4 is 0 Å². The Bertz CT molecular complexity index is 965. The second-order valence-corrected chi connectivity index (χ2v) is 7.96. The van der Waals surface area contributed by atoms with E-state index in [1.54, 1.807) is 55.6 Å². The quantitative estimate of drug-likeness (QED) is 0.105. The minimum absolute atomic E-state index is 0. The normalized spacial score (nSPS) is 9.93. The van der Waals surface area contributed by atoms with Gasteiger partial charge in [0.2, 0.25) is 6.29 Å². The number of Topliss-reactive ketones (excluding diaryl/α,β-unsaturated/α-hetero) is 2. The maximum absolute atomic E-state index is 11.8. The van der Waals surface area contributed by atoms with Crippen molar-refractivity contribution in [2.75, 3.05) is 27.4 Å². The Labute approximate surface area is 242 Å². The first-order valence-electron chi connectivity index (χ1n) is 11.8. The van der Waals surface area contributed by atoms with Crippen molar-refractivity contribution in [2.45, 2.75) is 82.5 Å². The number of hydrogen-bond donors (Lipinski definition) is 0. The Kier molecular flexibility index (Phi) is 26.9. The summed E-state index contributed by atoms with van der Waals surface area (Å²) in [6.45, 7) is 6.02. The number of esters is 2. The maximum Gasteiger partial charge on any atom is 0.340 e. The molecule has 0 saturated heterocycles. The molecular formula is C32H52O8. The fourth-order valence-corrected chi connectivity index (χ4v) is 2.93. The van der Waals surface area contributed by atoms with E-state index >= 15 is 0 Å². The molecule has 8 nitrogen and oxygen atoms in total. The van der Waals surface area contributed by atoms with Crippen molar-refractivity contribution in [2.24, 2.45) is 0 Å². The molecule has 0 bridgehead atoms. The van der Waals surface area contributed by atoms with Gasteiger partial charge in [-0.3, -0.25) is 9.59 Å². The van der Waals surface area contributed by atoms with Crippen LogP contribution in [0.1, 0.15) is 118 Å². The summed E-state index contributed by atoms with van der Waals surface area (Å²) >= 11 is 0. The summed E-state index contributed by atoms with van der Waals surface area (Å²) in [5.74, 6) is -0.849. The number of ether oxygens (including phenoxy) is 4. The van der Waals surface area contributed by atoms with Crippen molar-refractivity contribution in [3.8, 4) is 0 Å². The lowest BCUT2D eigenvalue weighted by Gasteiger charge is -2.15. The fourth-order valence-electron chi connectivity index (χ4n) is 2.93. The van der Waals surface area contributed by atoms with Crippen molar-refractivity contribution in [3.63, 3.8) is 0 Å².